The topological polar surface area (TPSA) is 64.7 Å². The van der Waals surface area contributed by atoms with Crippen molar-refractivity contribution in [2.75, 3.05) is 26.2 Å². The predicted molar refractivity (Wildman–Crippen MR) is 116 cm³/mol. The van der Waals surface area contributed by atoms with Gasteiger partial charge in [0, 0.05) is 49.6 Å². The molecular weight excluding hydrogens is 376 g/mol. The van der Waals surface area contributed by atoms with Crippen LogP contribution in [-0.2, 0) is 9.59 Å². The number of piperazine rings is 1. The molecule has 0 bridgehead atoms. The second-order valence-corrected chi connectivity index (χ2v) is 11.0. The molecular formula is C24H40N4O2. The lowest BCUT2D eigenvalue weighted by atomic mass is 9.69. The highest BCUT2D eigenvalue weighted by Crippen LogP contribution is 2.42. The largest absolute Gasteiger partial charge is 0.339 e. The van der Waals surface area contributed by atoms with E-state index in [1.807, 2.05) is 9.80 Å². The zero-order chi connectivity index (χ0) is 20.7. The first kappa shape index (κ1) is 20.7. The average Bonchev–Trinajstić information content (AvgIpc) is 3.21. The fourth-order valence-electron chi connectivity index (χ4n) is 6.96. The average molecular weight is 417 g/mol. The Morgan fingerprint density at radius 3 is 2.13 bits per heavy atom. The van der Waals surface area contributed by atoms with Gasteiger partial charge in [-0.15, -0.1) is 0 Å². The maximum absolute atomic E-state index is 13.1. The molecule has 5 aliphatic rings. The second kappa shape index (κ2) is 8.42. The van der Waals surface area contributed by atoms with Crippen LogP contribution in [0.1, 0.15) is 77.6 Å². The monoisotopic (exact) mass is 416 g/mol. The third-order valence-electron chi connectivity index (χ3n) is 9.20. The SMILES string of the molecule is CC1(C(=O)N2CCN(C(=O)C3CCC(C4NNC5CCCCC54)CC3)CC2)CCC1. The number of hydrogen-bond donors (Lipinski definition) is 2. The molecule has 2 heterocycles. The molecule has 6 nitrogen and oxygen atoms in total. The van der Waals surface area contributed by atoms with E-state index in [0.717, 1.165) is 57.8 Å². The van der Waals surface area contributed by atoms with Crippen molar-refractivity contribution in [2.45, 2.75) is 89.6 Å². The molecule has 0 aromatic carbocycles. The molecule has 5 fully saturated rings. The molecule has 0 radical (unpaired) electrons. The summed E-state index contributed by atoms with van der Waals surface area (Å²) in [6.45, 7) is 4.99. The third-order valence-corrected chi connectivity index (χ3v) is 9.20. The van der Waals surface area contributed by atoms with E-state index in [1.54, 1.807) is 0 Å². The van der Waals surface area contributed by atoms with Crippen LogP contribution in [-0.4, -0.2) is 59.9 Å². The molecule has 2 saturated heterocycles. The van der Waals surface area contributed by atoms with Crippen LogP contribution in [0.15, 0.2) is 0 Å². The molecule has 2 amide bonds. The molecule has 3 aliphatic carbocycles. The van der Waals surface area contributed by atoms with Crippen LogP contribution in [0.25, 0.3) is 0 Å². The summed E-state index contributed by atoms with van der Waals surface area (Å²) in [5.41, 5.74) is 7.08. The van der Waals surface area contributed by atoms with Gasteiger partial charge in [-0.2, -0.15) is 0 Å². The molecule has 3 saturated carbocycles. The summed E-state index contributed by atoms with van der Waals surface area (Å²) in [4.78, 5) is 30.0. The minimum Gasteiger partial charge on any atom is -0.339 e. The fourth-order valence-corrected chi connectivity index (χ4v) is 6.96. The smallest absolute Gasteiger partial charge is 0.228 e. The lowest BCUT2D eigenvalue weighted by Crippen LogP contribution is -2.56. The lowest BCUT2D eigenvalue weighted by molar-refractivity contribution is -0.151. The van der Waals surface area contributed by atoms with Crippen LogP contribution in [0.2, 0.25) is 0 Å². The van der Waals surface area contributed by atoms with E-state index in [0.29, 0.717) is 29.8 Å². The molecule has 3 atom stereocenters. The zero-order valence-corrected chi connectivity index (χ0v) is 18.7. The Morgan fingerprint density at radius 1 is 0.800 bits per heavy atom. The molecule has 6 heteroatoms. The summed E-state index contributed by atoms with van der Waals surface area (Å²) >= 11 is 0. The summed E-state index contributed by atoms with van der Waals surface area (Å²) < 4.78 is 0. The van der Waals surface area contributed by atoms with Crippen molar-refractivity contribution >= 4 is 11.8 Å². The van der Waals surface area contributed by atoms with Crippen LogP contribution < -0.4 is 10.9 Å². The Hall–Kier alpha value is -1.14. The highest BCUT2D eigenvalue weighted by atomic mass is 16.2. The van der Waals surface area contributed by atoms with Gasteiger partial charge in [0.15, 0.2) is 0 Å². The van der Waals surface area contributed by atoms with Gasteiger partial charge in [0.1, 0.15) is 0 Å². The van der Waals surface area contributed by atoms with E-state index in [1.165, 1.54) is 44.9 Å². The van der Waals surface area contributed by atoms with Gasteiger partial charge in [-0.25, -0.2) is 0 Å². The minimum atomic E-state index is -0.120. The number of rotatable bonds is 3. The van der Waals surface area contributed by atoms with Gasteiger partial charge in [0.05, 0.1) is 0 Å². The van der Waals surface area contributed by atoms with E-state index in [2.05, 4.69) is 17.8 Å². The van der Waals surface area contributed by atoms with Gasteiger partial charge < -0.3 is 9.80 Å². The number of nitrogens with one attached hydrogen (secondary N) is 2. The van der Waals surface area contributed by atoms with E-state index in [4.69, 9.17) is 0 Å². The lowest BCUT2D eigenvalue weighted by Gasteiger charge is -2.44. The van der Waals surface area contributed by atoms with Gasteiger partial charge >= 0.3 is 0 Å². The van der Waals surface area contributed by atoms with E-state index in [9.17, 15) is 9.59 Å². The first-order valence-corrected chi connectivity index (χ1v) is 12.6. The standard InChI is InChI=1S/C24H40N4O2/c1-24(11-4-12-24)23(30)28-15-13-27(14-16-28)22(29)18-9-7-17(8-10-18)21-19-5-2-3-6-20(19)25-26-21/h17-21,25-26H,2-16H2,1H3. The maximum atomic E-state index is 13.1. The Morgan fingerprint density at radius 2 is 1.47 bits per heavy atom. The minimum absolute atomic E-state index is 0.120. The van der Waals surface area contributed by atoms with E-state index in [-0.39, 0.29) is 11.3 Å². The van der Waals surface area contributed by atoms with E-state index >= 15 is 0 Å². The molecule has 5 rings (SSSR count). The number of amides is 2. The van der Waals surface area contributed by atoms with Crippen LogP contribution in [0, 0.1) is 23.2 Å². The number of nitrogens with zero attached hydrogens (tertiary/aromatic N) is 2. The number of hydrogen-bond acceptors (Lipinski definition) is 4. The molecule has 2 aliphatic heterocycles. The van der Waals surface area contributed by atoms with Crippen molar-refractivity contribution in [3.8, 4) is 0 Å². The zero-order valence-electron chi connectivity index (χ0n) is 18.7. The highest BCUT2D eigenvalue weighted by molar-refractivity contribution is 5.84. The van der Waals surface area contributed by atoms with Crippen LogP contribution in [0.5, 0.6) is 0 Å². The second-order valence-electron chi connectivity index (χ2n) is 11.0. The van der Waals surface area contributed by atoms with Gasteiger partial charge in [-0.3, -0.25) is 20.4 Å². The Kier molecular flexibility index (Phi) is 5.82. The normalized spacial score (nSPS) is 38.6. The molecule has 3 unspecified atom stereocenters. The van der Waals surface area contributed by atoms with Crippen molar-refractivity contribution in [2.24, 2.45) is 23.2 Å². The van der Waals surface area contributed by atoms with Gasteiger partial charge in [0.25, 0.3) is 0 Å². The van der Waals surface area contributed by atoms with Crippen LogP contribution >= 0.6 is 0 Å². The number of fused-ring (bicyclic) bond motifs is 1. The van der Waals surface area contributed by atoms with Crippen molar-refractivity contribution in [1.82, 2.24) is 20.7 Å². The number of hydrazine groups is 1. The van der Waals surface area contributed by atoms with Gasteiger partial charge in [-0.1, -0.05) is 26.2 Å². The van der Waals surface area contributed by atoms with Crippen molar-refractivity contribution in [1.29, 1.82) is 0 Å². The molecule has 0 spiro atoms. The number of carbonyl (C=O) groups is 2. The van der Waals surface area contributed by atoms with Gasteiger partial charge in [0.2, 0.25) is 11.8 Å². The molecule has 0 aromatic heterocycles. The first-order valence-electron chi connectivity index (χ1n) is 12.6. The van der Waals surface area contributed by atoms with Crippen LogP contribution in [0.4, 0.5) is 0 Å². The quantitative estimate of drug-likeness (QED) is 0.742. The summed E-state index contributed by atoms with van der Waals surface area (Å²) in [6.07, 6.45) is 13.1. The molecule has 0 aromatic rings. The third kappa shape index (κ3) is 3.79. The van der Waals surface area contributed by atoms with Gasteiger partial charge in [-0.05, 0) is 63.2 Å². The Balaban J connectivity index is 1.09. The molecule has 168 valence electrons. The fraction of sp³-hybridized carbons (Fsp3) is 0.917. The maximum Gasteiger partial charge on any atom is 0.228 e. The highest BCUT2D eigenvalue weighted by Gasteiger charge is 2.44. The number of carbonyl (C=O) groups excluding carboxylic acids is 2. The molecule has 30 heavy (non-hydrogen) atoms. The van der Waals surface area contributed by atoms with Crippen molar-refractivity contribution in [3.05, 3.63) is 0 Å². The summed E-state index contributed by atoms with van der Waals surface area (Å²) in [7, 11) is 0. The Labute approximate surface area is 181 Å². The summed E-state index contributed by atoms with van der Waals surface area (Å²) in [5.74, 6) is 2.37. The summed E-state index contributed by atoms with van der Waals surface area (Å²) in [5, 5.41) is 0. The summed E-state index contributed by atoms with van der Waals surface area (Å²) in [6, 6.07) is 1.28. The predicted octanol–water partition coefficient (Wildman–Crippen LogP) is 2.69. The molecule has 2 N–H and O–H groups in total. The van der Waals surface area contributed by atoms with E-state index < -0.39 is 0 Å². The van der Waals surface area contributed by atoms with Crippen molar-refractivity contribution in [3.63, 3.8) is 0 Å². The first-order chi connectivity index (χ1) is 14.5. The van der Waals surface area contributed by atoms with Crippen molar-refractivity contribution < 1.29 is 9.59 Å². The van der Waals surface area contributed by atoms with Crippen LogP contribution in [0.3, 0.4) is 0 Å². The Bertz CT molecular complexity index is 648.